The second-order valence-electron chi connectivity index (χ2n) is 4.26. The molecule has 1 unspecified atom stereocenters. The molecule has 104 valence electrons. The number of carboxylic acids is 1. The molecule has 6 heteroatoms. The fourth-order valence-electron chi connectivity index (χ4n) is 1.74. The summed E-state index contributed by atoms with van der Waals surface area (Å²) in [4.78, 5) is 26.1. The van der Waals surface area contributed by atoms with E-state index < -0.39 is 17.9 Å². The first-order chi connectivity index (χ1) is 9.56. The van der Waals surface area contributed by atoms with Crippen molar-refractivity contribution in [2.24, 2.45) is 0 Å². The Labute approximate surface area is 115 Å². The Hall–Kier alpha value is -2.63. The molecule has 20 heavy (non-hydrogen) atoms. The van der Waals surface area contributed by atoms with Crippen LogP contribution in [-0.4, -0.2) is 34.6 Å². The molecule has 1 amide bonds. The quantitative estimate of drug-likeness (QED) is 0.855. The number of carboxylic acid groups (broad SMARTS) is 1. The van der Waals surface area contributed by atoms with Crippen LogP contribution >= 0.6 is 0 Å². The van der Waals surface area contributed by atoms with Gasteiger partial charge in [-0.3, -0.25) is 9.78 Å². The maximum absolute atomic E-state index is 11.0. The van der Waals surface area contributed by atoms with Gasteiger partial charge in [-0.15, -0.1) is 0 Å². The Balaban J connectivity index is 2.07. The zero-order valence-corrected chi connectivity index (χ0v) is 10.9. The van der Waals surface area contributed by atoms with E-state index in [1.807, 2.05) is 18.2 Å². The van der Waals surface area contributed by atoms with Gasteiger partial charge in [0.25, 0.3) is 0 Å². The summed E-state index contributed by atoms with van der Waals surface area (Å²) in [5, 5.41) is 12.2. The number of hydrogen-bond donors (Lipinski definition) is 2. The molecule has 0 radical (unpaired) electrons. The Bertz CT molecular complexity index is 642. The van der Waals surface area contributed by atoms with Crippen LogP contribution in [0.15, 0.2) is 36.5 Å². The van der Waals surface area contributed by atoms with Crippen LogP contribution in [0.25, 0.3) is 10.9 Å². The van der Waals surface area contributed by atoms with Crippen molar-refractivity contribution in [3.63, 3.8) is 0 Å². The number of fused-ring (bicyclic) bond motifs is 1. The van der Waals surface area contributed by atoms with Gasteiger partial charge < -0.3 is 15.2 Å². The largest absolute Gasteiger partial charge is 0.491 e. The zero-order valence-electron chi connectivity index (χ0n) is 10.9. The molecule has 1 atom stereocenters. The number of aliphatic carboxylic acids is 1. The standard InChI is InChI=1S/C14H14N2O4/c1-9(17)16-13(14(18)19)8-20-11-5-4-10-3-2-6-15-12(10)7-11/h2-7,13H,8H2,1H3,(H,16,17)(H,18,19). The van der Waals surface area contributed by atoms with Crippen molar-refractivity contribution >= 4 is 22.8 Å². The SMILES string of the molecule is CC(=O)NC(COc1ccc2cccnc2c1)C(=O)O. The molecule has 1 aromatic heterocycles. The third kappa shape index (κ3) is 3.44. The van der Waals surface area contributed by atoms with E-state index in [2.05, 4.69) is 10.3 Å². The van der Waals surface area contributed by atoms with Crippen molar-refractivity contribution in [2.45, 2.75) is 13.0 Å². The third-order valence-electron chi connectivity index (χ3n) is 2.67. The van der Waals surface area contributed by atoms with Crippen molar-refractivity contribution in [2.75, 3.05) is 6.61 Å². The van der Waals surface area contributed by atoms with E-state index in [0.717, 1.165) is 10.9 Å². The van der Waals surface area contributed by atoms with Crippen LogP contribution in [0, 0.1) is 0 Å². The molecular formula is C14H14N2O4. The lowest BCUT2D eigenvalue weighted by Crippen LogP contribution is -2.43. The first-order valence-electron chi connectivity index (χ1n) is 6.04. The topological polar surface area (TPSA) is 88.5 Å². The molecule has 0 aliphatic carbocycles. The lowest BCUT2D eigenvalue weighted by atomic mass is 10.2. The fraction of sp³-hybridized carbons (Fsp3) is 0.214. The summed E-state index contributed by atoms with van der Waals surface area (Å²) in [6.45, 7) is 1.11. The smallest absolute Gasteiger partial charge is 0.329 e. The summed E-state index contributed by atoms with van der Waals surface area (Å²) < 4.78 is 5.40. The summed E-state index contributed by atoms with van der Waals surface area (Å²) >= 11 is 0. The highest BCUT2D eigenvalue weighted by Crippen LogP contribution is 2.18. The molecule has 0 spiro atoms. The number of benzene rings is 1. The van der Waals surface area contributed by atoms with Gasteiger partial charge in [-0.1, -0.05) is 6.07 Å². The molecule has 1 heterocycles. The molecule has 2 aromatic rings. The lowest BCUT2D eigenvalue weighted by Gasteiger charge is -2.14. The van der Waals surface area contributed by atoms with Gasteiger partial charge in [-0.05, 0) is 18.2 Å². The molecule has 6 nitrogen and oxygen atoms in total. The van der Waals surface area contributed by atoms with E-state index in [9.17, 15) is 9.59 Å². The van der Waals surface area contributed by atoms with E-state index in [0.29, 0.717) is 5.75 Å². The molecule has 0 fully saturated rings. The van der Waals surface area contributed by atoms with Crippen LogP contribution in [0.3, 0.4) is 0 Å². The second kappa shape index (κ2) is 6.01. The van der Waals surface area contributed by atoms with Gasteiger partial charge in [0.2, 0.25) is 5.91 Å². The summed E-state index contributed by atoms with van der Waals surface area (Å²) in [5.74, 6) is -1.05. The lowest BCUT2D eigenvalue weighted by molar-refractivity contribution is -0.142. The number of rotatable bonds is 5. The fourth-order valence-corrected chi connectivity index (χ4v) is 1.74. The van der Waals surface area contributed by atoms with Crippen molar-refractivity contribution in [1.82, 2.24) is 10.3 Å². The van der Waals surface area contributed by atoms with E-state index in [1.165, 1.54) is 6.92 Å². The minimum atomic E-state index is -1.14. The van der Waals surface area contributed by atoms with Crippen LogP contribution < -0.4 is 10.1 Å². The van der Waals surface area contributed by atoms with Crippen molar-refractivity contribution in [3.05, 3.63) is 36.5 Å². The first-order valence-corrected chi connectivity index (χ1v) is 6.04. The van der Waals surface area contributed by atoms with Crippen LogP contribution in [0.5, 0.6) is 5.75 Å². The van der Waals surface area contributed by atoms with Gasteiger partial charge in [-0.2, -0.15) is 0 Å². The molecule has 0 bridgehead atoms. The average molecular weight is 274 g/mol. The predicted molar refractivity (Wildman–Crippen MR) is 72.5 cm³/mol. The van der Waals surface area contributed by atoms with Gasteiger partial charge in [0, 0.05) is 24.6 Å². The first kappa shape index (κ1) is 13.8. The van der Waals surface area contributed by atoms with Crippen LogP contribution in [0.2, 0.25) is 0 Å². The number of carbonyl (C=O) groups is 2. The van der Waals surface area contributed by atoms with Crippen molar-refractivity contribution < 1.29 is 19.4 Å². The highest BCUT2D eigenvalue weighted by Gasteiger charge is 2.19. The minimum absolute atomic E-state index is 0.146. The molecule has 0 saturated carbocycles. The highest BCUT2D eigenvalue weighted by molar-refractivity contribution is 5.82. The zero-order chi connectivity index (χ0) is 14.5. The molecule has 2 N–H and O–H groups in total. The van der Waals surface area contributed by atoms with Gasteiger partial charge in [0.15, 0.2) is 6.04 Å². The third-order valence-corrected chi connectivity index (χ3v) is 2.67. The van der Waals surface area contributed by atoms with E-state index in [1.54, 1.807) is 18.3 Å². The van der Waals surface area contributed by atoms with Gasteiger partial charge in [0.1, 0.15) is 12.4 Å². The summed E-state index contributed by atoms with van der Waals surface area (Å²) in [6.07, 6.45) is 1.67. The normalized spacial score (nSPS) is 11.8. The number of carbonyl (C=O) groups excluding carboxylic acids is 1. The number of amides is 1. The van der Waals surface area contributed by atoms with Crippen LogP contribution in [-0.2, 0) is 9.59 Å². The second-order valence-corrected chi connectivity index (χ2v) is 4.26. The molecule has 2 rings (SSSR count). The highest BCUT2D eigenvalue weighted by atomic mass is 16.5. The summed E-state index contributed by atoms with van der Waals surface area (Å²) in [6, 6.07) is 7.97. The van der Waals surface area contributed by atoms with E-state index >= 15 is 0 Å². The Morgan fingerprint density at radius 2 is 2.20 bits per heavy atom. The summed E-state index contributed by atoms with van der Waals surface area (Å²) in [7, 11) is 0. The maximum Gasteiger partial charge on any atom is 0.329 e. The monoisotopic (exact) mass is 274 g/mol. The number of nitrogens with one attached hydrogen (secondary N) is 1. The predicted octanol–water partition coefficient (Wildman–Crippen LogP) is 1.20. The Morgan fingerprint density at radius 3 is 2.90 bits per heavy atom. The Kier molecular flexibility index (Phi) is 4.14. The Morgan fingerprint density at radius 1 is 1.40 bits per heavy atom. The van der Waals surface area contributed by atoms with E-state index in [-0.39, 0.29) is 6.61 Å². The molecule has 0 aliphatic rings. The number of hydrogen-bond acceptors (Lipinski definition) is 4. The van der Waals surface area contributed by atoms with Gasteiger partial charge in [0.05, 0.1) is 5.52 Å². The molecule has 0 aliphatic heterocycles. The maximum atomic E-state index is 11.0. The van der Waals surface area contributed by atoms with Crippen molar-refractivity contribution in [1.29, 1.82) is 0 Å². The average Bonchev–Trinajstić information content (AvgIpc) is 2.42. The van der Waals surface area contributed by atoms with Gasteiger partial charge in [-0.25, -0.2) is 4.79 Å². The minimum Gasteiger partial charge on any atom is -0.491 e. The van der Waals surface area contributed by atoms with Crippen LogP contribution in [0.1, 0.15) is 6.92 Å². The molecular weight excluding hydrogens is 260 g/mol. The van der Waals surface area contributed by atoms with Gasteiger partial charge >= 0.3 is 5.97 Å². The van der Waals surface area contributed by atoms with Crippen LogP contribution in [0.4, 0.5) is 0 Å². The number of nitrogens with zero attached hydrogens (tertiary/aromatic N) is 1. The molecule has 0 saturated heterocycles. The number of ether oxygens (including phenoxy) is 1. The number of pyridine rings is 1. The number of aromatic nitrogens is 1. The summed E-state index contributed by atoms with van der Waals surface area (Å²) in [5.41, 5.74) is 0.761. The van der Waals surface area contributed by atoms with Crippen molar-refractivity contribution in [3.8, 4) is 5.75 Å². The van der Waals surface area contributed by atoms with E-state index in [4.69, 9.17) is 9.84 Å². The molecule has 1 aromatic carbocycles.